The molecule has 38 heavy (non-hydrogen) atoms. The molecule has 1 aliphatic heterocycles. The van der Waals surface area contributed by atoms with Gasteiger partial charge in [0, 0.05) is 22.3 Å². The van der Waals surface area contributed by atoms with Crippen molar-refractivity contribution in [3.8, 4) is 5.75 Å². The van der Waals surface area contributed by atoms with Crippen LogP contribution in [-0.4, -0.2) is 28.3 Å². The Kier molecular flexibility index (Phi) is 8.94. The van der Waals surface area contributed by atoms with Crippen LogP contribution in [0, 0.1) is 5.92 Å². The Balaban J connectivity index is 1.49. The van der Waals surface area contributed by atoms with Gasteiger partial charge in [-0.2, -0.15) is 0 Å². The van der Waals surface area contributed by atoms with Crippen molar-refractivity contribution >= 4 is 17.2 Å². The van der Waals surface area contributed by atoms with E-state index in [-0.39, 0.29) is 5.92 Å². The molecule has 2 unspecified atom stereocenters. The highest BCUT2D eigenvalue weighted by molar-refractivity contribution is 6.30. The lowest BCUT2D eigenvalue weighted by Gasteiger charge is -2.34. The quantitative estimate of drug-likeness (QED) is 0.256. The average Bonchev–Trinajstić information content (AvgIpc) is 3.06. The summed E-state index contributed by atoms with van der Waals surface area (Å²) in [6.45, 7) is 9.64. The fourth-order valence-electron chi connectivity index (χ4n) is 5.03. The van der Waals surface area contributed by atoms with Gasteiger partial charge in [-0.25, -0.2) is 0 Å². The number of aromatic nitrogens is 1. The van der Waals surface area contributed by atoms with E-state index in [0.717, 1.165) is 58.7 Å². The van der Waals surface area contributed by atoms with Gasteiger partial charge in [-0.1, -0.05) is 62.2 Å². The van der Waals surface area contributed by atoms with Gasteiger partial charge >= 0.3 is 0 Å². The van der Waals surface area contributed by atoms with E-state index in [1.165, 1.54) is 0 Å². The summed E-state index contributed by atoms with van der Waals surface area (Å²) < 4.78 is 6.10. The Morgan fingerprint density at radius 2 is 1.79 bits per heavy atom. The second kappa shape index (κ2) is 12.0. The Hall–Kier alpha value is -2.70. The van der Waals surface area contributed by atoms with Gasteiger partial charge in [0.05, 0.1) is 16.9 Å². The molecule has 3 aromatic rings. The molecular formula is C32H39ClN2O3. The van der Waals surface area contributed by atoms with Gasteiger partial charge < -0.3 is 20.3 Å². The first-order valence-corrected chi connectivity index (χ1v) is 13.8. The summed E-state index contributed by atoms with van der Waals surface area (Å²) in [5.41, 5.74) is 3.84. The van der Waals surface area contributed by atoms with Gasteiger partial charge in [0.25, 0.3) is 0 Å². The normalized spacial score (nSPS) is 16.7. The van der Waals surface area contributed by atoms with E-state index in [9.17, 15) is 10.2 Å². The average molecular weight is 535 g/mol. The minimum absolute atomic E-state index is 0.115. The van der Waals surface area contributed by atoms with Crippen LogP contribution >= 0.6 is 11.6 Å². The zero-order valence-electron chi connectivity index (χ0n) is 22.8. The van der Waals surface area contributed by atoms with Gasteiger partial charge in [-0.3, -0.25) is 4.98 Å². The zero-order valence-corrected chi connectivity index (χ0v) is 23.6. The summed E-state index contributed by atoms with van der Waals surface area (Å²) in [7, 11) is 0. The number of hydrogen-bond donors (Lipinski definition) is 3. The van der Waals surface area contributed by atoms with Crippen molar-refractivity contribution in [2.24, 2.45) is 5.92 Å². The van der Waals surface area contributed by atoms with E-state index < -0.39 is 11.2 Å². The molecule has 3 N–H and O–H groups in total. The molecule has 2 aromatic carbocycles. The zero-order chi connectivity index (χ0) is 27.3. The minimum Gasteiger partial charge on any atom is -0.487 e. The Morgan fingerprint density at radius 3 is 2.50 bits per heavy atom. The van der Waals surface area contributed by atoms with Gasteiger partial charge in [0.2, 0.25) is 0 Å². The lowest BCUT2D eigenvalue weighted by atomic mass is 9.78. The number of ether oxygens (including phenoxy) is 1. The highest BCUT2D eigenvalue weighted by Gasteiger charge is 2.34. The first kappa shape index (κ1) is 28.3. The highest BCUT2D eigenvalue weighted by Crippen LogP contribution is 2.39. The topological polar surface area (TPSA) is 74.6 Å². The number of benzene rings is 2. The smallest absolute Gasteiger partial charge is 0.131 e. The van der Waals surface area contributed by atoms with Crippen LogP contribution in [0.3, 0.4) is 0 Å². The van der Waals surface area contributed by atoms with Crippen LogP contribution in [0.1, 0.15) is 74.9 Å². The molecule has 0 spiro atoms. The van der Waals surface area contributed by atoms with Gasteiger partial charge in [-0.15, -0.1) is 0 Å². The van der Waals surface area contributed by atoms with E-state index >= 15 is 0 Å². The highest BCUT2D eigenvalue weighted by atomic mass is 35.5. The summed E-state index contributed by atoms with van der Waals surface area (Å²) in [6.07, 6.45) is 6.29. The Bertz CT molecular complexity index is 1270. The van der Waals surface area contributed by atoms with E-state index in [0.29, 0.717) is 24.6 Å². The summed E-state index contributed by atoms with van der Waals surface area (Å²) in [6, 6.07) is 17.4. The van der Waals surface area contributed by atoms with E-state index in [4.69, 9.17) is 16.3 Å². The van der Waals surface area contributed by atoms with Crippen molar-refractivity contribution in [1.82, 2.24) is 10.3 Å². The van der Waals surface area contributed by atoms with E-state index in [1.807, 2.05) is 48.5 Å². The van der Waals surface area contributed by atoms with Crippen molar-refractivity contribution < 1.29 is 14.9 Å². The largest absolute Gasteiger partial charge is 0.487 e. The van der Waals surface area contributed by atoms with E-state index in [1.54, 1.807) is 20.0 Å². The van der Waals surface area contributed by atoms with Gasteiger partial charge in [0.15, 0.2) is 0 Å². The number of halogens is 1. The molecule has 5 nitrogen and oxygen atoms in total. The maximum absolute atomic E-state index is 11.6. The summed E-state index contributed by atoms with van der Waals surface area (Å²) in [4.78, 5) is 4.56. The van der Waals surface area contributed by atoms with Crippen LogP contribution in [0.15, 0.2) is 66.9 Å². The predicted molar refractivity (Wildman–Crippen MR) is 154 cm³/mol. The number of aliphatic hydroxyl groups is 2. The van der Waals surface area contributed by atoms with Gasteiger partial charge in [0.1, 0.15) is 12.4 Å². The van der Waals surface area contributed by atoms with Crippen LogP contribution in [0.25, 0.3) is 5.57 Å². The van der Waals surface area contributed by atoms with Crippen molar-refractivity contribution in [2.75, 3.05) is 13.1 Å². The molecular weight excluding hydrogens is 496 g/mol. The number of nitrogens with zero attached hydrogens (tertiary/aromatic N) is 1. The molecule has 202 valence electrons. The van der Waals surface area contributed by atoms with Crippen LogP contribution in [0.5, 0.6) is 5.75 Å². The standard InChI is InChI=1S/C32H39ClN2O3/c1-5-22(2)32(37,23-10-13-25(33)14-11-23)16-19-34-17-6-8-26-27-9-7-18-35-29(27)21-38-30-15-12-24(20-28(26)30)31(3,4)36/h7-15,18,20,22,34,36-37H,5-6,16-17,19,21H2,1-4H3/b26-8+. The monoisotopic (exact) mass is 534 g/mol. The molecule has 4 rings (SSSR count). The third kappa shape index (κ3) is 6.29. The second-order valence-electron chi connectivity index (χ2n) is 10.7. The fraction of sp³-hybridized carbons (Fsp3) is 0.406. The first-order chi connectivity index (χ1) is 18.1. The summed E-state index contributed by atoms with van der Waals surface area (Å²) in [5.74, 6) is 0.904. The molecule has 2 heterocycles. The lowest BCUT2D eigenvalue weighted by Crippen LogP contribution is -2.37. The molecule has 0 aliphatic carbocycles. The summed E-state index contributed by atoms with van der Waals surface area (Å²) in [5, 5.41) is 26.4. The number of rotatable bonds is 10. The molecule has 0 radical (unpaired) electrons. The first-order valence-electron chi connectivity index (χ1n) is 13.5. The SMILES string of the molecule is CCC(C)C(O)(CCNCC/C=C1/c2cc(C(C)(C)O)ccc2OCc2ncccc21)c1ccc(Cl)cc1. The maximum Gasteiger partial charge on any atom is 0.131 e. The molecule has 2 atom stereocenters. The van der Waals surface area contributed by atoms with Gasteiger partial charge in [-0.05, 0) is 92.7 Å². The predicted octanol–water partition coefficient (Wildman–Crippen LogP) is 6.59. The van der Waals surface area contributed by atoms with E-state index in [2.05, 4.69) is 36.3 Å². The molecule has 0 amide bonds. The number of nitrogens with one attached hydrogen (secondary N) is 1. The number of fused-ring (bicyclic) bond motifs is 2. The molecule has 6 heteroatoms. The minimum atomic E-state index is -0.956. The van der Waals surface area contributed by atoms with Crippen LogP contribution in [-0.2, 0) is 17.8 Å². The molecule has 0 saturated heterocycles. The van der Waals surface area contributed by atoms with Crippen molar-refractivity contribution in [3.63, 3.8) is 0 Å². The van der Waals surface area contributed by atoms with Crippen LogP contribution < -0.4 is 10.1 Å². The third-order valence-corrected chi connectivity index (χ3v) is 7.90. The molecule has 0 bridgehead atoms. The molecule has 1 aromatic heterocycles. The van der Waals surface area contributed by atoms with Crippen LogP contribution in [0.2, 0.25) is 5.02 Å². The summed E-state index contributed by atoms with van der Waals surface area (Å²) >= 11 is 6.08. The lowest BCUT2D eigenvalue weighted by molar-refractivity contribution is -0.0262. The second-order valence-corrected chi connectivity index (χ2v) is 11.1. The Morgan fingerprint density at radius 1 is 1.05 bits per heavy atom. The molecule has 0 saturated carbocycles. The van der Waals surface area contributed by atoms with Crippen molar-refractivity contribution in [1.29, 1.82) is 0 Å². The number of hydrogen-bond acceptors (Lipinski definition) is 5. The molecule has 0 fully saturated rings. The third-order valence-electron chi connectivity index (χ3n) is 7.65. The number of pyridine rings is 1. The Labute approximate surface area is 231 Å². The van der Waals surface area contributed by atoms with Crippen molar-refractivity contribution in [2.45, 2.75) is 64.8 Å². The maximum atomic E-state index is 11.6. The fourth-order valence-corrected chi connectivity index (χ4v) is 5.16. The van der Waals surface area contributed by atoms with Crippen molar-refractivity contribution in [3.05, 3.63) is 99.8 Å². The van der Waals surface area contributed by atoms with Crippen LogP contribution in [0.4, 0.5) is 0 Å². The molecule has 1 aliphatic rings.